The van der Waals surface area contributed by atoms with E-state index in [-0.39, 0.29) is 24.0 Å². The summed E-state index contributed by atoms with van der Waals surface area (Å²) in [5, 5.41) is 19.4. The summed E-state index contributed by atoms with van der Waals surface area (Å²) in [5.41, 5.74) is 0.0529. The first-order chi connectivity index (χ1) is 12.6. The third-order valence-electron chi connectivity index (χ3n) is 4.28. The zero-order chi connectivity index (χ0) is 18.4. The van der Waals surface area contributed by atoms with Gasteiger partial charge < -0.3 is 20.2 Å². The monoisotopic (exact) mass is 479 g/mol. The third kappa shape index (κ3) is 5.46. The van der Waals surface area contributed by atoms with Gasteiger partial charge in [0, 0.05) is 6.54 Å². The van der Waals surface area contributed by atoms with Crippen molar-refractivity contribution in [1.29, 1.82) is 0 Å². The number of hydrogen-bond acceptors (Lipinski definition) is 3. The molecule has 6 heteroatoms. The number of aliphatic imine (C=N–C) groups is 1. The number of hydrogen-bond donors (Lipinski definition) is 3. The molecule has 0 spiro atoms. The summed E-state index contributed by atoms with van der Waals surface area (Å²) in [4.78, 5) is 4.67. The van der Waals surface area contributed by atoms with Crippen molar-refractivity contribution in [3.63, 3.8) is 0 Å². The second-order valence-corrected chi connectivity index (χ2v) is 6.44. The molecule has 27 heavy (non-hydrogen) atoms. The minimum atomic E-state index is -1.11. The van der Waals surface area contributed by atoms with Crippen molar-refractivity contribution in [1.82, 2.24) is 10.6 Å². The van der Waals surface area contributed by atoms with Crippen LogP contribution in [0, 0.1) is 0 Å². The summed E-state index contributed by atoms with van der Waals surface area (Å²) < 4.78 is 5.32. The summed E-state index contributed by atoms with van der Waals surface area (Å²) >= 11 is 0. The van der Waals surface area contributed by atoms with Crippen molar-refractivity contribution < 1.29 is 9.52 Å². The molecule has 2 aromatic carbocycles. The van der Waals surface area contributed by atoms with E-state index in [1.165, 1.54) is 10.8 Å². The van der Waals surface area contributed by atoms with E-state index in [4.69, 9.17) is 4.42 Å². The summed E-state index contributed by atoms with van der Waals surface area (Å²) in [7, 11) is 0. The van der Waals surface area contributed by atoms with Crippen LogP contribution in [0.25, 0.3) is 10.8 Å². The van der Waals surface area contributed by atoms with Crippen LogP contribution in [0.3, 0.4) is 0 Å². The molecule has 1 unspecified atom stereocenters. The lowest BCUT2D eigenvalue weighted by molar-refractivity contribution is 0.0386. The highest BCUT2D eigenvalue weighted by Crippen LogP contribution is 2.20. The second-order valence-electron chi connectivity index (χ2n) is 6.44. The molecule has 0 fully saturated rings. The van der Waals surface area contributed by atoms with Crippen LogP contribution in [-0.4, -0.2) is 24.2 Å². The average molecular weight is 479 g/mol. The van der Waals surface area contributed by atoms with E-state index >= 15 is 0 Å². The number of halogens is 1. The summed E-state index contributed by atoms with van der Waals surface area (Å²) in [5.74, 6) is 1.18. The summed E-state index contributed by atoms with van der Waals surface area (Å²) in [6.07, 6.45) is 1.56. The number of rotatable bonds is 6. The number of benzene rings is 2. The van der Waals surface area contributed by atoms with E-state index in [0.717, 1.165) is 12.1 Å². The van der Waals surface area contributed by atoms with E-state index < -0.39 is 5.60 Å². The van der Waals surface area contributed by atoms with Crippen LogP contribution in [0.5, 0.6) is 0 Å². The molecular weight excluding hydrogens is 453 g/mol. The van der Waals surface area contributed by atoms with E-state index in [1.807, 2.05) is 19.1 Å². The van der Waals surface area contributed by atoms with Gasteiger partial charge in [0.1, 0.15) is 11.4 Å². The molecular formula is C21H26IN3O2. The van der Waals surface area contributed by atoms with Crippen molar-refractivity contribution in [2.75, 3.05) is 13.1 Å². The van der Waals surface area contributed by atoms with Crippen LogP contribution in [0.4, 0.5) is 0 Å². The van der Waals surface area contributed by atoms with Crippen LogP contribution in [0.15, 0.2) is 70.3 Å². The van der Waals surface area contributed by atoms with Gasteiger partial charge in [-0.3, -0.25) is 0 Å². The lowest BCUT2D eigenvalue weighted by Gasteiger charge is -2.22. The molecule has 0 aliphatic rings. The lowest BCUT2D eigenvalue weighted by Crippen LogP contribution is -2.44. The highest BCUT2D eigenvalue weighted by Gasteiger charge is 2.26. The molecule has 3 aromatic rings. The number of fused-ring (bicyclic) bond motifs is 1. The molecule has 0 saturated carbocycles. The van der Waals surface area contributed by atoms with Crippen molar-refractivity contribution >= 4 is 40.7 Å². The maximum atomic E-state index is 10.6. The quantitative estimate of drug-likeness (QED) is 0.284. The van der Waals surface area contributed by atoms with Gasteiger partial charge in [0.05, 0.1) is 19.4 Å². The zero-order valence-electron chi connectivity index (χ0n) is 15.6. The Kier molecular flexibility index (Phi) is 7.67. The Hall–Kier alpha value is -2.06. The van der Waals surface area contributed by atoms with Gasteiger partial charge in [-0.1, -0.05) is 42.5 Å². The minimum Gasteiger partial charge on any atom is -0.466 e. The van der Waals surface area contributed by atoms with Crippen LogP contribution in [0.1, 0.15) is 25.2 Å². The maximum absolute atomic E-state index is 10.6. The van der Waals surface area contributed by atoms with Gasteiger partial charge in [-0.2, -0.15) is 0 Å². The Bertz CT molecular complexity index is 871. The lowest BCUT2D eigenvalue weighted by atomic mass is 10.0. The van der Waals surface area contributed by atoms with Crippen molar-refractivity contribution in [2.24, 2.45) is 4.99 Å². The van der Waals surface area contributed by atoms with Gasteiger partial charge in [-0.15, -0.1) is 24.0 Å². The predicted molar refractivity (Wildman–Crippen MR) is 120 cm³/mol. The molecule has 3 N–H and O–H groups in total. The summed E-state index contributed by atoms with van der Waals surface area (Å²) in [6.45, 7) is 5.32. The van der Waals surface area contributed by atoms with Gasteiger partial charge in [0.15, 0.2) is 5.96 Å². The summed E-state index contributed by atoms with van der Waals surface area (Å²) in [6, 6.07) is 18.1. The molecule has 0 bridgehead atoms. The van der Waals surface area contributed by atoms with Gasteiger partial charge in [-0.25, -0.2) is 4.99 Å². The van der Waals surface area contributed by atoms with Crippen molar-refractivity contribution in [3.05, 3.63) is 72.2 Å². The zero-order valence-corrected chi connectivity index (χ0v) is 17.9. The second kappa shape index (κ2) is 9.75. The molecule has 0 radical (unpaired) electrons. The Balaban J connectivity index is 0.00000261. The van der Waals surface area contributed by atoms with Gasteiger partial charge in [0.25, 0.3) is 0 Å². The molecule has 1 aromatic heterocycles. The van der Waals surface area contributed by atoms with Crippen molar-refractivity contribution in [2.45, 2.75) is 26.0 Å². The fraction of sp³-hybridized carbons (Fsp3) is 0.286. The molecule has 1 atom stereocenters. The number of nitrogens with zero attached hydrogens (tertiary/aromatic N) is 1. The normalized spacial score (nSPS) is 13.7. The molecule has 0 aliphatic carbocycles. The first-order valence-electron chi connectivity index (χ1n) is 8.85. The molecule has 144 valence electrons. The molecule has 0 amide bonds. The maximum Gasteiger partial charge on any atom is 0.191 e. The average Bonchev–Trinajstić information content (AvgIpc) is 3.20. The first kappa shape index (κ1) is 21.2. The minimum absolute atomic E-state index is 0. The Labute approximate surface area is 176 Å². The van der Waals surface area contributed by atoms with E-state index in [1.54, 1.807) is 25.3 Å². The molecule has 1 heterocycles. The van der Waals surface area contributed by atoms with Gasteiger partial charge in [0.2, 0.25) is 0 Å². The van der Waals surface area contributed by atoms with E-state index in [2.05, 4.69) is 46.0 Å². The molecule has 0 aliphatic heterocycles. The van der Waals surface area contributed by atoms with Crippen LogP contribution in [0.2, 0.25) is 0 Å². The highest BCUT2D eigenvalue weighted by molar-refractivity contribution is 14.0. The van der Waals surface area contributed by atoms with E-state index in [0.29, 0.717) is 24.8 Å². The van der Waals surface area contributed by atoms with Crippen molar-refractivity contribution in [3.8, 4) is 0 Å². The van der Waals surface area contributed by atoms with Crippen LogP contribution < -0.4 is 10.6 Å². The number of furan rings is 1. The Morgan fingerprint density at radius 3 is 2.59 bits per heavy atom. The number of nitrogens with one attached hydrogen (secondary N) is 2. The van der Waals surface area contributed by atoms with E-state index in [9.17, 15) is 5.11 Å². The first-order valence-corrected chi connectivity index (χ1v) is 8.85. The molecule has 3 rings (SSSR count). The predicted octanol–water partition coefficient (Wildman–Crippen LogP) is 4.01. The third-order valence-corrected chi connectivity index (χ3v) is 4.28. The fourth-order valence-corrected chi connectivity index (χ4v) is 2.86. The van der Waals surface area contributed by atoms with Crippen LogP contribution >= 0.6 is 24.0 Å². The number of aliphatic hydroxyl groups is 1. The molecule has 5 nitrogen and oxygen atoms in total. The largest absolute Gasteiger partial charge is 0.466 e. The van der Waals surface area contributed by atoms with Gasteiger partial charge in [-0.05, 0) is 42.3 Å². The van der Waals surface area contributed by atoms with Gasteiger partial charge >= 0.3 is 0 Å². The standard InChI is InChI=1S/C21H25N3O2.HI/c1-3-22-20(24-15-21(2,25)19-12-7-13-26-19)23-14-17-10-6-9-16-8-4-5-11-18(16)17;/h4-13,25H,3,14-15H2,1-2H3,(H2,22,23,24);1H. The molecule has 0 saturated heterocycles. The highest BCUT2D eigenvalue weighted by atomic mass is 127. The Morgan fingerprint density at radius 2 is 1.85 bits per heavy atom. The SMILES string of the molecule is CCNC(=NCc1cccc2ccccc12)NCC(C)(O)c1ccco1.I. The smallest absolute Gasteiger partial charge is 0.191 e. The number of guanidine groups is 1. The topological polar surface area (TPSA) is 69.8 Å². The van der Waals surface area contributed by atoms with Crippen LogP contribution in [-0.2, 0) is 12.1 Å². The Morgan fingerprint density at radius 1 is 1.07 bits per heavy atom. The fourth-order valence-electron chi connectivity index (χ4n) is 2.86.